The summed E-state index contributed by atoms with van der Waals surface area (Å²) in [6.45, 7) is 2.36. The molecule has 4 aromatic carbocycles. The summed E-state index contributed by atoms with van der Waals surface area (Å²) in [7, 11) is 0. The summed E-state index contributed by atoms with van der Waals surface area (Å²) in [5.41, 5.74) is 6.25. The zero-order valence-corrected chi connectivity index (χ0v) is 20.4. The van der Waals surface area contributed by atoms with E-state index >= 15 is 0 Å². The van der Waals surface area contributed by atoms with Crippen molar-refractivity contribution in [2.45, 2.75) is 26.7 Å². The van der Waals surface area contributed by atoms with Gasteiger partial charge in [-0.1, -0.05) is 78.9 Å². The normalized spacial score (nSPS) is 21.0. The highest BCUT2D eigenvalue weighted by Crippen LogP contribution is 2.56. The van der Waals surface area contributed by atoms with Gasteiger partial charge in [-0.05, 0) is 54.4 Å². The smallest absolute Gasteiger partial charge is 0.0553 e. The third kappa shape index (κ3) is 3.04. The van der Waals surface area contributed by atoms with Gasteiger partial charge in [0.25, 0.3) is 0 Å². The third-order valence-corrected chi connectivity index (χ3v) is 10.2. The van der Waals surface area contributed by atoms with Crippen molar-refractivity contribution in [3.8, 4) is 16.8 Å². The van der Waals surface area contributed by atoms with Crippen molar-refractivity contribution in [1.82, 2.24) is 4.57 Å². The van der Waals surface area contributed by atoms with Gasteiger partial charge in [-0.2, -0.15) is 0 Å². The van der Waals surface area contributed by atoms with E-state index < -0.39 is 0 Å². The Balaban J connectivity index is 1.55. The first-order chi connectivity index (χ1) is 16.7. The minimum absolute atomic E-state index is 0.0904. The summed E-state index contributed by atoms with van der Waals surface area (Å²) in [6, 6.07) is 33.1. The number of hydrogen-bond acceptors (Lipinski definition) is 2. The maximum atomic E-state index is 2.43. The van der Waals surface area contributed by atoms with E-state index in [0.717, 1.165) is 0 Å². The van der Waals surface area contributed by atoms with Gasteiger partial charge in [0.15, 0.2) is 0 Å². The third-order valence-electron chi connectivity index (χ3n) is 6.93. The highest BCUT2D eigenvalue weighted by Gasteiger charge is 2.39. The average Bonchev–Trinajstić information content (AvgIpc) is 3.22. The van der Waals surface area contributed by atoms with Crippen molar-refractivity contribution in [3.63, 3.8) is 0 Å². The predicted molar refractivity (Wildman–Crippen MR) is 148 cm³/mol. The summed E-state index contributed by atoms with van der Waals surface area (Å²) < 4.78 is 2.52. The molecule has 0 radical (unpaired) electrons. The Labute approximate surface area is 208 Å². The van der Waals surface area contributed by atoms with Crippen LogP contribution in [0, 0.1) is 0 Å². The minimum Gasteiger partial charge on any atom is -0.309 e. The number of allylic oxidation sites excluding steroid dienone is 2. The Morgan fingerprint density at radius 1 is 0.765 bits per heavy atom. The Morgan fingerprint density at radius 2 is 1.53 bits per heavy atom. The van der Waals surface area contributed by atoms with Crippen LogP contribution in [0.25, 0.3) is 38.6 Å². The standard InChI is InChI=1S/C31H23NS2/c1-31-19-9-8-14-28(31)33-30-27(34-31)18-17-26-29(30)24-20-22(21-10-4-2-5-11-21)15-16-25(24)32(26)23-12-6-3-7-13-23/h2-20,28H,1H3. The minimum atomic E-state index is 0.0904. The molecule has 0 saturated heterocycles. The molecule has 0 bridgehead atoms. The van der Waals surface area contributed by atoms with Crippen LogP contribution in [0.1, 0.15) is 6.92 Å². The zero-order chi connectivity index (χ0) is 22.7. The molecule has 1 aromatic heterocycles. The molecule has 1 aliphatic carbocycles. The van der Waals surface area contributed by atoms with E-state index in [9.17, 15) is 0 Å². The SMILES string of the molecule is CC12C=CC=CC1Sc1c(ccc3c1c1cc(-c4ccccc4)ccc1n3-c1ccccc1)S2. The number of aromatic nitrogens is 1. The van der Waals surface area contributed by atoms with Crippen LogP contribution in [0.4, 0.5) is 0 Å². The molecule has 0 saturated carbocycles. The highest BCUT2D eigenvalue weighted by molar-refractivity contribution is 8.07. The van der Waals surface area contributed by atoms with Crippen LogP contribution >= 0.6 is 23.5 Å². The van der Waals surface area contributed by atoms with Crippen LogP contribution in [0.15, 0.2) is 125 Å². The van der Waals surface area contributed by atoms with Crippen LogP contribution in [0.2, 0.25) is 0 Å². The summed E-state index contributed by atoms with van der Waals surface area (Å²) in [6.07, 6.45) is 9.13. The fraction of sp³-hybridized carbons (Fsp3) is 0.0968. The van der Waals surface area contributed by atoms with Crippen LogP contribution in [-0.2, 0) is 0 Å². The summed E-state index contributed by atoms with van der Waals surface area (Å²) >= 11 is 4.03. The first-order valence-electron chi connectivity index (χ1n) is 11.6. The van der Waals surface area contributed by atoms with Gasteiger partial charge in [0.2, 0.25) is 0 Å². The van der Waals surface area contributed by atoms with Crippen molar-refractivity contribution < 1.29 is 0 Å². The number of hydrogen-bond donors (Lipinski definition) is 0. The van der Waals surface area contributed by atoms with E-state index in [2.05, 4.69) is 127 Å². The summed E-state index contributed by atoms with van der Waals surface area (Å²) in [4.78, 5) is 2.79. The molecular weight excluding hydrogens is 450 g/mol. The molecule has 2 unspecified atom stereocenters. The Morgan fingerprint density at radius 3 is 2.35 bits per heavy atom. The molecule has 1 aliphatic heterocycles. The molecule has 0 fully saturated rings. The molecule has 0 amide bonds. The maximum Gasteiger partial charge on any atom is 0.0553 e. The second-order valence-electron chi connectivity index (χ2n) is 9.12. The second kappa shape index (κ2) is 7.69. The largest absolute Gasteiger partial charge is 0.309 e. The van der Waals surface area contributed by atoms with E-state index in [1.54, 1.807) is 0 Å². The molecule has 1 nitrogen and oxygen atoms in total. The number of thioether (sulfide) groups is 2. The van der Waals surface area contributed by atoms with Crippen molar-refractivity contribution in [3.05, 3.63) is 115 Å². The zero-order valence-electron chi connectivity index (χ0n) is 18.8. The van der Waals surface area contributed by atoms with Crippen LogP contribution in [-0.4, -0.2) is 14.6 Å². The topological polar surface area (TPSA) is 4.93 Å². The van der Waals surface area contributed by atoms with Crippen LogP contribution < -0.4 is 0 Å². The lowest BCUT2D eigenvalue weighted by atomic mass is 10.0. The number of rotatable bonds is 2. The van der Waals surface area contributed by atoms with Crippen molar-refractivity contribution in [1.29, 1.82) is 0 Å². The molecular formula is C31H23NS2. The van der Waals surface area contributed by atoms with E-state index in [-0.39, 0.29) is 4.75 Å². The molecule has 3 heteroatoms. The van der Waals surface area contributed by atoms with Gasteiger partial charge < -0.3 is 4.57 Å². The Hall–Kier alpha value is -3.14. The lowest BCUT2D eigenvalue weighted by Crippen LogP contribution is -2.33. The molecule has 5 aromatic rings. The molecule has 34 heavy (non-hydrogen) atoms. The molecule has 7 rings (SSSR count). The quantitative estimate of drug-likeness (QED) is 0.252. The van der Waals surface area contributed by atoms with Crippen molar-refractivity contribution >= 4 is 45.3 Å². The Bertz CT molecular complexity index is 1610. The van der Waals surface area contributed by atoms with Gasteiger partial charge in [-0.25, -0.2) is 0 Å². The number of para-hydroxylation sites is 1. The van der Waals surface area contributed by atoms with Crippen LogP contribution in [0.5, 0.6) is 0 Å². The summed E-state index contributed by atoms with van der Waals surface area (Å²) in [5.74, 6) is 0. The van der Waals surface area contributed by atoms with Crippen molar-refractivity contribution in [2.24, 2.45) is 0 Å². The van der Waals surface area contributed by atoms with E-state index in [0.29, 0.717) is 5.25 Å². The van der Waals surface area contributed by atoms with E-state index in [1.807, 2.05) is 23.5 Å². The number of fused-ring (bicyclic) bond motifs is 6. The predicted octanol–water partition coefficient (Wildman–Crippen LogP) is 8.90. The summed E-state index contributed by atoms with van der Waals surface area (Å²) in [5, 5.41) is 3.12. The lowest BCUT2D eigenvalue weighted by molar-refractivity contribution is 0.803. The number of benzene rings is 4. The van der Waals surface area contributed by atoms with Gasteiger partial charge in [0.1, 0.15) is 0 Å². The Kier molecular flexibility index (Phi) is 4.58. The number of nitrogens with zero attached hydrogens (tertiary/aromatic N) is 1. The van der Waals surface area contributed by atoms with Gasteiger partial charge in [0.05, 0.1) is 15.8 Å². The monoisotopic (exact) mass is 473 g/mol. The average molecular weight is 474 g/mol. The second-order valence-corrected chi connectivity index (χ2v) is 11.8. The lowest BCUT2D eigenvalue weighted by Gasteiger charge is -2.39. The molecule has 0 spiro atoms. The first-order valence-corrected chi connectivity index (χ1v) is 13.3. The van der Waals surface area contributed by atoms with Crippen LogP contribution in [0.3, 0.4) is 0 Å². The van der Waals surface area contributed by atoms with Gasteiger partial charge >= 0.3 is 0 Å². The molecule has 164 valence electrons. The highest BCUT2D eigenvalue weighted by atomic mass is 32.2. The van der Waals surface area contributed by atoms with Gasteiger partial charge in [0, 0.05) is 31.5 Å². The molecule has 0 N–H and O–H groups in total. The molecule has 2 heterocycles. The van der Waals surface area contributed by atoms with Gasteiger partial charge in [-0.15, -0.1) is 23.5 Å². The fourth-order valence-corrected chi connectivity index (χ4v) is 8.19. The first kappa shape index (κ1) is 20.3. The van der Waals surface area contributed by atoms with E-state index in [4.69, 9.17) is 0 Å². The molecule has 2 atom stereocenters. The maximum absolute atomic E-state index is 2.43. The fourth-order valence-electron chi connectivity index (χ4n) is 5.23. The van der Waals surface area contributed by atoms with Gasteiger partial charge in [-0.3, -0.25) is 0 Å². The van der Waals surface area contributed by atoms with E-state index in [1.165, 1.54) is 48.4 Å². The molecule has 2 aliphatic rings. The van der Waals surface area contributed by atoms with Crippen molar-refractivity contribution in [2.75, 3.05) is 0 Å².